The van der Waals surface area contributed by atoms with Crippen LogP contribution >= 0.6 is 23.5 Å². The van der Waals surface area contributed by atoms with Crippen LogP contribution in [-0.2, 0) is 6.61 Å². The topological polar surface area (TPSA) is 9.23 Å². The highest BCUT2D eigenvalue weighted by molar-refractivity contribution is 8.19. The molecular formula is C18H20OS2. The maximum Gasteiger partial charge on any atom is 0.119 e. The van der Waals surface area contributed by atoms with Crippen LogP contribution in [0.5, 0.6) is 5.75 Å². The summed E-state index contributed by atoms with van der Waals surface area (Å²) in [6.45, 7) is 5.03. The second-order valence-corrected chi connectivity index (χ2v) is 8.44. The molecule has 2 atom stereocenters. The van der Waals surface area contributed by atoms with Gasteiger partial charge in [-0.2, -0.15) is 0 Å². The number of ether oxygens (including phenoxy) is 1. The van der Waals surface area contributed by atoms with E-state index in [9.17, 15) is 0 Å². The highest BCUT2D eigenvalue weighted by Crippen LogP contribution is 2.49. The van der Waals surface area contributed by atoms with Gasteiger partial charge in [0.05, 0.1) is 4.58 Å². The third kappa shape index (κ3) is 3.98. The lowest BCUT2D eigenvalue weighted by Gasteiger charge is -2.11. The summed E-state index contributed by atoms with van der Waals surface area (Å²) in [5, 5.41) is 0.762. The van der Waals surface area contributed by atoms with E-state index in [2.05, 4.69) is 74.1 Å². The summed E-state index contributed by atoms with van der Waals surface area (Å²) < 4.78 is 6.45. The van der Waals surface area contributed by atoms with Crippen molar-refractivity contribution in [2.24, 2.45) is 0 Å². The molecule has 2 aromatic rings. The lowest BCUT2D eigenvalue weighted by molar-refractivity contribution is 0.306. The number of hydrogen-bond donors (Lipinski definition) is 0. The summed E-state index contributed by atoms with van der Waals surface area (Å²) in [5.41, 5.74) is 3.89. The first-order valence-electron chi connectivity index (χ1n) is 7.26. The predicted molar refractivity (Wildman–Crippen MR) is 94.2 cm³/mol. The molecule has 2 aromatic carbocycles. The normalized spacial score (nSPS) is 21.4. The van der Waals surface area contributed by atoms with Crippen molar-refractivity contribution in [2.45, 2.75) is 30.3 Å². The Morgan fingerprint density at radius 2 is 1.76 bits per heavy atom. The van der Waals surface area contributed by atoms with Gasteiger partial charge in [-0.1, -0.05) is 48.9 Å². The van der Waals surface area contributed by atoms with Crippen LogP contribution in [0.15, 0.2) is 48.5 Å². The van der Waals surface area contributed by atoms with Gasteiger partial charge in [-0.05, 0) is 30.2 Å². The zero-order valence-electron chi connectivity index (χ0n) is 12.4. The van der Waals surface area contributed by atoms with Gasteiger partial charge in [0.2, 0.25) is 0 Å². The molecule has 1 saturated heterocycles. The average molecular weight is 316 g/mol. The average Bonchev–Trinajstić information content (AvgIpc) is 2.94. The van der Waals surface area contributed by atoms with Crippen molar-refractivity contribution in [1.29, 1.82) is 0 Å². The third-order valence-corrected chi connectivity index (χ3v) is 6.89. The first-order valence-corrected chi connectivity index (χ1v) is 9.25. The van der Waals surface area contributed by atoms with Crippen LogP contribution in [0.25, 0.3) is 0 Å². The highest BCUT2D eigenvalue weighted by atomic mass is 32.2. The van der Waals surface area contributed by atoms with Crippen LogP contribution in [0.3, 0.4) is 0 Å². The SMILES string of the molecule is Cc1ccc(COc2ccc(C3SCC(C)S3)cc2)cc1. The van der Waals surface area contributed by atoms with Crippen molar-refractivity contribution in [3.63, 3.8) is 0 Å². The van der Waals surface area contributed by atoms with Crippen molar-refractivity contribution >= 4 is 23.5 Å². The van der Waals surface area contributed by atoms with Crippen LogP contribution in [0.4, 0.5) is 0 Å². The van der Waals surface area contributed by atoms with E-state index in [4.69, 9.17) is 4.74 Å². The van der Waals surface area contributed by atoms with Gasteiger partial charge >= 0.3 is 0 Å². The van der Waals surface area contributed by atoms with Gasteiger partial charge in [-0.25, -0.2) is 0 Å². The molecule has 0 amide bonds. The molecule has 0 aliphatic carbocycles. The monoisotopic (exact) mass is 316 g/mol. The van der Waals surface area contributed by atoms with E-state index in [1.54, 1.807) is 0 Å². The van der Waals surface area contributed by atoms with Crippen molar-refractivity contribution in [1.82, 2.24) is 0 Å². The minimum absolute atomic E-state index is 0.589. The quantitative estimate of drug-likeness (QED) is 0.743. The van der Waals surface area contributed by atoms with Crippen LogP contribution < -0.4 is 4.74 Å². The summed E-state index contributed by atoms with van der Waals surface area (Å²) >= 11 is 4.10. The lowest BCUT2D eigenvalue weighted by atomic mass is 10.2. The van der Waals surface area contributed by atoms with Crippen molar-refractivity contribution in [3.8, 4) is 5.75 Å². The molecule has 21 heavy (non-hydrogen) atoms. The Labute approximate surface area is 135 Å². The standard InChI is InChI=1S/C18H20OS2/c1-13-3-5-15(6-4-13)11-19-17-9-7-16(8-10-17)18-20-12-14(2)21-18/h3-10,14,18H,11-12H2,1-2H3. The molecule has 3 rings (SSSR count). The Morgan fingerprint density at radius 3 is 2.38 bits per heavy atom. The van der Waals surface area contributed by atoms with E-state index in [0.29, 0.717) is 11.2 Å². The fourth-order valence-electron chi connectivity index (χ4n) is 2.26. The predicted octanol–water partition coefficient (Wildman–Crippen LogP) is 5.44. The Balaban J connectivity index is 1.58. The summed E-state index contributed by atoms with van der Waals surface area (Å²) in [4.78, 5) is 0. The van der Waals surface area contributed by atoms with E-state index in [1.165, 1.54) is 22.4 Å². The first-order chi connectivity index (χ1) is 10.2. The molecule has 1 aliphatic rings. The minimum atomic E-state index is 0.589. The molecule has 0 N–H and O–H groups in total. The van der Waals surface area contributed by atoms with Gasteiger partial charge in [-0.15, -0.1) is 23.5 Å². The van der Waals surface area contributed by atoms with E-state index < -0.39 is 0 Å². The van der Waals surface area contributed by atoms with Crippen molar-refractivity contribution in [3.05, 3.63) is 65.2 Å². The van der Waals surface area contributed by atoms with Gasteiger partial charge in [-0.3, -0.25) is 0 Å². The van der Waals surface area contributed by atoms with Gasteiger partial charge in [0.1, 0.15) is 12.4 Å². The number of thioether (sulfide) groups is 2. The lowest BCUT2D eigenvalue weighted by Crippen LogP contribution is -1.95. The summed E-state index contributed by atoms with van der Waals surface area (Å²) in [5.74, 6) is 2.20. The molecule has 0 bridgehead atoms. The molecule has 1 fully saturated rings. The van der Waals surface area contributed by atoms with Crippen LogP contribution in [0.2, 0.25) is 0 Å². The maximum absolute atomic E-state index is 5.86. The molecule has 3 heteroatoms. The molecule has 1 heterocycles. The van der Waals surface area contributed by atoms with Crippen molar-refractivity contribution < 1.29 is 4.74 Å². The van der Waals surface area contributed by atoms with Crippen molar-refractivity contribution in [2.75, 3.05) is 5.75 Å². The number of benzene rings is 2. The van der Waals surface area contributed by atoms with Crippen LogP contribution in [-0.4, -0.2) is 11.0 Å². The molecule has 0 radical (unpaired) electrons. The third-order valence-electron chi connectivity index (χ3n) is 3.52. The maximum atomic E-state index is 5.86. The Bertz CT molecular complexity index is 577. The van der Waals surface area contributed by atoms with E-state index in [-0.39, 0.29) is 0 Å². The molecule has 0 saturated carbocycles. The van der Waals surface area contributed by atoms with E-state index >= 15 is 0 Å². The molecule has 1 aliphatic heterocycles. The molecule has 1 nitrogen and oxygen atoms in total. The van der Waals surface area contributed by atoms with Gasteiger partial charge in [0.25, 0.3) is 0 Å². The van der Waals surface area contributed by atoms with Gasteiger partial charge in [0.15, 0.2) is 0 Å². The zero-order chi connectivity index (χ0) is 14.7. The highest BCUT2D eigenvalue weighted by Gasteiger charge is 2.23. The number of hydrogen-bond acceptors (Lipinski definition) is 3. The zero-order valence-corrected chi connectivity index (χ0v) is 14.0. The summed E-state index contributed by atoms with van der Waals surface area (Å²) in [6, 6.07) is 17.1. The largest absolute Gasteiger partial charge is 0.489 e. The number of aryl methyl sites for hydroxylation is 1. The summed E-state index contributed by atoms with van der Waals surface area (Å²) in [6.07, 6.45) is 0. The van der Waals surface area contributed by atoms with Gasteiger partial charge in [0, 0.05) is 11.0 Å². The van der Waals surface area contributed by atoms with Crippen LogP contribution in [0.1, 0.15) is 28.2 Å². The molecule has 0 spiro atoms. The number of rotatable bonds is 4. The Kier molecular flexibility index (Phi) is 4.81. The molecule has 110 valence electrons. The van der Waals surface area contributed by atoms with Gasteiger partial charge < -0.3 is 4.74 Å². The minimum Gasteiger partial charge on any atom is -0.489 e. The molecular weight excluding hydrogens is 296 g/mol. The smallest absolute Gasteiger partial charge is 0.119 e. The summed E-state index contributed by atoms with van der Waals surface area (Å²) in [7, 11) is 0. The fourth-order valence-corrected chi connectivity index (χ4v) is 5.46. The van der Waals surface area contributed by atoms with Crippen LogP contribution in [0, 0.1) is 6.92 Å². The molecule has 2 unspecified atom stereocenters. The van der Waals surface area contributed by atoms with E-state index in [1.807, 2.05) is 11.8 Å². The first kappa shape index (κ1) is 14.9. The Hall–Kier alpha value is -1.06. The molecule has 0 aromatic heterocycles. The second-order valence-electron chi connectivity index (χ2n) is 5.46. The fraction of sp³-hybridized carbons (Fsp3) is 0.333. The van der Waals surface area contributed by atoms with E-state index in [0.717, 1.165) is 11.0 Å². The Morgan fingerprint density at radius 1 is 1.05 bits per heavy atom. The second kappa shape index (κ2) is 6.80.